The zero-order valence-electron chi connectivity index (χ0n) is 13.8. The Balaban J connectivity index is 0.00000192. The molecule has 1 saturated carbocycles. The van der Waals surface area contributed by atoms with E-state index in [2.05, 4.69) is 46.8 Å². The van der Waals surface area contributed by atoms with E-state index in [9.17, 15) is 5.11 Å². The van der Waals surface area contributed by atoms with E-state index in [1.807, 2.05) is 0 Å². The minimum atomic E-state index is -0.553. The van der Waals surface area contributed by atoms with Crippen molar-refractivity contribution in [3.05, 3.63) is 35.4 Å². The fraction of sp³-hybridized carbons (Fsp3) is 0.611. The fourth-order valence-corrected chi connectivity index (χ4v) is 3.39. The van der Waals surface area contributed by atoms with Crippen LogP contribution in [0.5, 0.6) is 0 Å². The van der Waals surface area contributed by atoms with Crippen LogP contribution in [-0.4, -0.2) is 36.3 Å². The first-order valence-electron chi connectivity index (χ1n) is 8.52. The number of rotatable bonds is 5. The quantitative estimate of drug-likeness (QED) is 0.383. The molecule has 2 aliphatic carbocycles. The van der Waals surface area contributed by atoms with Crippen molar-refractivity contribution in [3.8, 4) is 0 Å². The fourth-order valence-electron chi connectivity index (χ4n) is 3.39. The molecule has 1 aromatic carbocycles. The maximum atomic E-state index is 10.2. The van der Waals surface area contributed by atoms with Gasteiger partial charge in [-0.25, -0.2) is 0 Å². The topological polar surface area (TPSA) is 56.7 Å². The molecule has 0 radical (unpaired) electrons. The first kappa shape index (κ1) is 18.5. The van der Waals surface area contributed by atoms with Crippen LogP contribution in [0.15, 0.2) is 29.3 Å². The molecule has 23 heavy (non-hydrogen) atoms. The number of halogens is 1. The molecule has 1 atom stereocenters. The number of aliphatic hydroxyl groups is 1. The van der Waals surface area contributed by atoms with Crippen molar-refractivity contribution in [1.29, 1.82) is 0 Å². The molecule has 0 aliphatic heterocycles. The Labute approximate surface area is 156 Å². The van der Waals surface area contributed by atoms with Crippen LogP contribution in [0.3, 0.4) is 0 Å². The molecule has 3 rings (SSSR count). The summed E-state index contributed by atoms with van der Waals surface area (Å²) in [5, 5.41) is 16.9. The summed E-state index contributed by atoms with van der Waals surface area (Å²) in [4.78, 5) is 4.57. The van der Waals surface area contributed by atoms with Crippen LogP contribution >= 0.6 is 24.0 Å². The molecule has 5 heteroatoms. The van der Waals surface area contributed by atoms with Gasteiger partial charge in [-0.1, -0.05) is 24.3 Å². The predicted molar refractivity (Wildman–Crippen MR) is 106 cm³/mol. The van der Waals surface area contributed by atoms with Crippen molar-refractivity contribution >= 4 is 29.9 Å². The van der Waals surface area contributed by atoms with Crippen molar-refractivity contribution in [3.63, 3.8) is 0 Å². The van der Waals surface area contributed by atoms with Gasteiger partial charge >= 0.3 is 0 Å². The maximum absolute atomic E-state index is 10.2. The first-order chi connectivity index (χ1) is 10.7. The van der Waals surface area contributed by atoms with Gasteiger partial charge in [-0.3, -0.25) is 4.99 Å². The van der Waals surface area contributed by atoms with Gasteiger partial charge in [0.15, 0.2) is 5.96 Å². The lowest BCUT2D eigenvalue weighted by Crippen LogP contribution is -2.43. The summed E-state index contributed by atoms with van der Waals surface area (Å²) >= 11 is 0. The molecule has 1 fully saturated rings. The third kappa shape index (κ3) is 4.59. The summed E-state index contributed by atoms with van der Waals surface area (Å²) in [6, 6.07) is 8.73. The van der Waals surface area contributed by atoms with Crippen molar-refractivity contribution < 1.29 is 5.11 Å². The van der Waals surface area contributed by atoms with Crippen LogP contribution in [0, 0.1) is 0 Å². The van der Waals surface area contributed by atoms with Crippen molar-refractivity contribution in [2.45, 2.75) is 50.5 Å². The zero-order chi connectivity index (χ0) is 15.4. The SMILES string of the molecule is CCNC(=NCC1(O)CCC1)NCC1CCc2ccccc21.I. The maximum Gasteiger partial charge on any atom is 0.191 e. The Kier molecular flexibility index (Phi) is 6.71. The number of nitrogens with zero attached hydrogens (tertiary/aromatic N) is 1. The highest BCUT2D eigenvalue weighted by Gasteiger charge is 2.34. The number of aliphatic imine (C=N–C) groups is 1. The third-order valence-electron chi connectivity index (χ3n) is 4.93. The van der Waals surface area contributed by atoms with Gasteiger partial charge in [0.05, 0.1) is 12.1 Å². The van der Waals surface area contributed by atoms with Crippen molar-refractivity contribution in [2.24, 2.45) is 4.99 Å². The highest BCUT2D eigenvalue weighted by Crippen LogP contribution is 2.32. The second kappa shape index (κ2) is 8.33. The second-order valence-electron chi connectivity index (χ2n) is 6.59. The summed E-state index contributed by atoms with van der Waals surface area (Å²) in [6.07, 6.45) is 5.26. The van der Waals surface area contributed by atoms with E-state index >= 15 is 0 Å². The number of nitrogens with one attached hydrogen (secondary N) is 2. The Morgan fingerprint density at radius 1 is 1.30 bits per heavy atom. The number of fused-ring (bicyclic) bond motifs is 1. The van der Waals surface area contributed by atoms with Crippen molar-refractivity contribution in [2.75, 3.05) is 19.6 Å². The Hall–Kier alpha value is -0.820. The largest absolute Gasteiger partial charge is 0.388 e. The number of hydrogen-bond acceptors (Lipinski definition) is 2. The lowest BCUT2D eigenvalue weighted by Gasteiger charge is -2.35. The lowest BCUT2D eigenvalue weighted by atomic mass is 9.80. The van der Waals surface area contributed by atoms with Crippen LogP contribution in [0.2, 0.25) is 0 Å². The summed E-state index contributed by atoms with van der Waals surface area (Å²) in [5.74, 6) is 1.39. The summed E-state index contributed by atoms with van der Waals surface area (Å²) in [6.45, 7) is 4.32. The van der Waals surface area contributed by atoms with Gasteiger partial charge in [0.25, 0.3) is 0 Å². The van der Waals surface area contributed by atoms with E-state index in [-0.39, 0.29) is 24.0 Å². The predicted octanol–water partition coefficient (Wildman–Crippen LogP) is 2.80. The average Bonchev–Trinajstić information content (AvgIpc) is 2.91. The lowest BCUT2D eigenvalue weighted by molar-refractivity contribution is -0.0236. The molecular formula is C18H28IN3O. The Morgan fingerprint density at radius 3 is 2.78 bits per heavy atom. The van der Waals surface area contributed by atoms with Crippen LogP contribution < -0.4 is 10.6 Å². The monoisotopic (exact) mass is 429 g/mol. The van der Waals surface area contributed by atoms with E-state index in [0.717, 1.165) is 38.3 Å². The van der Waals surface area contributed by atoms with Crippen LogP contribution in [0.1, 0.15) is 49.7 Å². The van der Waals surface area contributed by atoms with E-state index in [1.165, 1.54) is 24.0 Å². The second-order valence-corrected chi connectivity index (χ2v) is 6.59. The van der Waals surface area contributed by atoms with Gasteiger partial charge in [0.2, 0.25) is 0 Å². The molecule has 1 unspecified atom stereocenters. The van der Waals surface area contributed by atoms with Crippen LogP contribution in [0.25, 0.3) is 0 Å². The zero-order valence-corrected chi connectivity index (χ0v) is 16.2. The molecule has 128 valence electrons. The molecule has 4 nitrogen and oxygen atoms in total. The molecule has 0 bridgehead atoms. The molecule has 0 amide bonds. The van der Waals surface area contributed by atoms with E-state index in [0.29, 0.717) is 12.5 Å². The van der Waals surface area contributed by atoms with E-state index in [4.69, 9.17) is 0 Å². The minimum Gasteiger partial charge on any atom is -0.388 e. The normalized spacial score (nSPS) is 21.8. The number of benzene rings is 1. The van der Waals surface area contributed by atoms with Gasteiger partial charge in [-0.05, 0) is 50.2 Å². The average molecular weight is 429 g/mol. The Morgan fingerprint density at radius 2 is 2.09 bits per heavy atom. The smallest absolute Gasteiger partial charge is 0.191 e. The van der Waals surface area contributed by atoms with E-state index < -0.39 is 5.60 Å². The molecule has 0 spiro atoms. The standard InChI is InChI=1S/C18H27N3O.HI/c1-2-19-17(21-13-18(22)10-5-11-18)20-12-15-9-8-14-6-3-4-7-16(14)15;/h3-4,6-7,15,22H,2,5,8-13H2,1H3,(H2,19,20,21);1H. The summed E-state index contributed by atoms with van der Waals surface area (Å²) < 4.78 is 0. The number of hydrogen-bond donors (Lipinski definition) is 3. The van der Waals surface area contributed by atoms with Crippen LogP contribution in [-0.2, 0) is 6.42 Å². The van der Waals surface area contributed by atoms with Gasteiger partial charge in [-0.2, -0.15) is 0 Å². The summed E-state index contributed by atoms with van der Waals surface area (Å²) in [5.41, 5.74) is 2.41. The first-order valence-corrected chi connectivity index (χ1v) is 8.52. The third-order valence-corrected chi connectivity index (χ3v) is 4.93. The molecule has 2 aliphatic rings. The highest BCUT2D eigenvalue weighted by atomic mass is 127. The molecule has 3 N–H and O–H groups in total. The van der Waals surface area contributed by atoms with Crippen LogP contribution in [0.4, 0.5) is 0 Å². The molecule has 0 heterocycles. The van der Waals surface area contributed by atoms with Crippen molar-refractivity contribution in [1.82, 2.24) is 10.6 Å². The van der Waals surface area contributed by atoms with Gasteiger partial charge in [0.1, 0.15) is 0 Å². The molecular weight excluding hydrogens is 401 g/mol. The molecule has 0 aromatic heterocycles. The Bertz CT molecular complexity index is 543. The minimum absolute atomic E-state index is 0. The summed E-state index contributed by atoms with van der Waals surface area (Å²) in [7, 11) is 0. The molecule has 1 aromatic rings. The highest BCUT2D eigenvalue weighted by molar-refractivity contribution is 14.0. The van der Waals surface area contributed by atoms with E-state index in [1.54, 1.807) is 0 Å². The van der Waals surface area contributed by atoms with Gasteiger partial charge in [0, 0.05) is 19.0 Å². The molecule has 0 saturated heterocycles. The number of aryl methyl sites for hydroxylation is 1. The van der Waals surface area contributed by atoms with Gasteiger partial charge in [-0.15, -0.1) is 24.0 Å². The number of guanidine groups is 1. The van der Waals surface area contributed by atoms with Gasteiger partial charge < -0.3 is 15.7 Å².